The summed E-state index contributed by atoms with van der Waals surface area (Å²) in [5.74, 6) is -1.10. The molecule has 9 nitrogen and oxygen atoms in total. The molecule has 2 aromatic heterocycles. The molecule has 4 rings (SSSR count). The number of nitrogens with one attached hydrogen (secondary N) is 1. The van der Waals surface area contributed by atoms with E-state index in [4.69, 9.17) is 4.74 Å². The minimum absolute atomic E-state index is 0.203. The first-order chi connectivity index (χ1) is 16.0. The highest BCUT2D eigenvalue weighted by molar-refractivity contribution is 6.02. The number of hydrogen-bond donors (Lipinski definition) is 1. The van der Waals surface area contributed by atoms with Gasteiger partial charge >= 0.3 is 5.97 Å². The number of benzene rings is 2. The largest absolute Gasteiger partial charge is 0.461 e. The molecule has 0 aliphatic carbocycles. The lowest BCUT2D eigenvalue weighted by molar-refractivity contribution is 0.0519. The third kappa shape index (κ3) is 4.72. The van der Waals surface area contributed by atoms with Gasteiger partial charge in [-0.25, -0.2) is 14.2 Å². The molecule has 0 aliphatic rings. The molecule has 0 fully saturated rings. The van der Waals surface area contributed by atoms with Crippen molar-refractivity contribution < 1.29 is 14.3 Å². The molecule has 0 unspecified atom stereocenters. The first-order valence-corrected chi connectivity index (χ1v) is 10.3. The Balaban J connectivity index is 1.53. The van der Waals surface area contributed by atoms with Crippen LogP contribution in [-0.2, 0) is 4.74 Å². The summed E-state index contributed by atoms with van der Waals surface area (Å²) in [6, 6.07) is 19.0. The maximum absolute atomic E-state index is 12.8. The number of esters is 1. The maximum atomic E-state index is 12.8. The van der Waals surface area contributed by atoms with Crippen molar-refractivity contribution in [3.63, 3.8) is 0 Å². The van der Waals surface area contributed by atoms with Crippen molar-refractivity contribution in [2.24, 2.45) is 0 Å². The zero-order valence-electron chi connectivity index (χ0n) is 18.1. The van der Waals surface area contributed by atoms with Crippen LogP contribution in [0.4, 0.5) is 5.69 Å². The molecule has 0 bridgehead atoms. The molecular weight excluding hydrogens is 422 g/mol. The zero-order chi connectivity index (χ0) is 23.4. The number of ether oxygens (including phenoxy) is 1. The molecule has 2 aromatic carbocycles. The number of aryl methyl sites for hydroxylation is 1. The molecule has 1 amide bonds. The van der Waals surface area contributed by atoms with Crippen molar-refractivity contribution in [2.75, 3.05) is 11.9 Å². The van der Waals surface area contributed by atoms with Crippen molar-refractivity contribution >= 4 is 17.6 Å². The Morgan fingerprint density at radius 1 is 0.970 bits per heavy atom. The number of rotatable bonds is 6. The summed E-state index contributed by atoms with van der Waals surface area (Å²) in [5.41, 5.74) is 2.06. The van der Waals surface area contributed by atoms with Crippen LogP contribution in [0.2, 0.25) is 0 Å². The van der Waals surface area contributed by atoms with E-state index in [1.54, 1.807) is 55.1 Å². The first kappa shape index (κ1) is 21.7. The van der Waals surface area contributed by atoms with Crippen molar-refractivity contribution in [3.05, 3.63) is 100 Å². The lowest BCUT2D eigenvalue weighted by Crippen LogP contribution is -2.26. The van der Waals surface area contributed by atoms with Gasteiger partial charge in [-0.15, -0.1) is 0 Å². The summed E-state index contributed by atoms with van der Waals surface area (Å²) in [6.45, 7) is 3.75. The number of anilines is 1. The molecule has 166 valence electrons. The van der Waals surface area contributed by atoms with E-state index in [-0.39, 0.29) is 18.0 Å². The maximum Gasteiger partial charge on any atom is 0.358 e. The highest BCUT2D eigenvalue weighted by Gasteiger charge is 2.16. The number of para-hydroxylation sites is 1. The van der Waals surface area contributed by atoms with Gasteiger partial charge in [0.2, 0.25) is 5.43 Å². The van der Waals surface area contributed by atoms with Crippen LogP contribution in [0.5, 0.6) is 0 Å². The van der Waals surface area contributed by atoms with Gasteiger partial charge in [-0.1, -0.05) is 18.2 Å². The number of aromatic nitrogens is 4. The number of amides is 1. The number of hydrogen-bond acceptors (Lipinski definition) is 6. The molecule has 0 atom stereocenters. The molecule has 0 spiro atoms. The lowest BCUT2D eigenvalue weighted by Gasteiger charge is -2.11. The fraction of sp³-hybridized carbons (Fsp3) is 0.125. The molecule has 33 heavy (non-hydrogen) atoms. The van der Waals surface area contributed by atoms with Gasteiger partial charge in [0.05, 0.1) is 18.0 Å². The zero-order valence-corrected chi connectivity index (χ0v) is 18.1. The van der Waals surface area contributed by atoms with E-state index in [1.165, 1.54) is 10.7 Å². The summed E-state index contributed by atoms with van der Waals surface area (Å²) >= 11 is 0. The van der Waals surface area contributed by atoms with Gasteiger partial charge in [-0.2, -0.15) is 10.2 Å². The average Bonchev–Trinajstić information content (AvgIpc) is 3.31. The highest BCUT2D eigenvalue weighted by Crippen LogP contribution is 2.15. The van der Waals surface area contributed by atoms with Crippen LogP contribution in [0, 0.1) is 6.92 Å². The normalized spacial score (nSPS) is 10.6. The number of carbonyl (C=O) groups is 2. The quantitative estimate of drug-likeness (QED) is 0.459. The van der Waals surface area contributed by atoms with E-state index in [1.807, 2.05) is 30.3 Å². The van der Waals surface area contributed by atoms with Crippen LogP contribution in [0.1, 0.15) is 33.6 Å². The van der Waals surface area contributed by atoms with Gasteiger partial charge < -0.3 is 10.1 Å². The Kier molecular flexibility index (Phi) is 6.12. The second-order valence-corrected chi connectivity index (χ2v) is 7.11. The Hall–Kier alpha value is -4.53. The lowest BCUT2D eigenvalue weighted by atomic mass is 10.2. The Labute approximate surface area is 189 Å². The smallest absolute Gasteiger partial charge is 0.358 e. The molecule has 0 radical (unpaired) electrons. The highest BCUT2D eigenvalue weighted by atomic mass is 16.5. The van der Waals surface area contributed by atoms with Gasteiger partial charge in [0.25, 0.3) is 5.91 Å². The Morgan fingerprint density at radius 2 is 1.70 bits per heavy atom. The fourth-order valence-corrected chi connectivity index (χ4v) is 3.20. The van der Waals surface area contributed by atoms with Crippen molar-refractivity contribution in [1.82, 2.24) is 19.6 Å². The van der Waals surface area contributed by atoms with Gasteiger partial charge in [0, 0.05) is 23.6 Å². The van der Waals surface area contributed by atoms with Crippen molar-refractivity contribution in [2.45, 2.75) is 13.8 Å². The predicted octanol–water partition coefficient (Wildman–Crippen LogP) is 3.16. The third-order valence-corrected chi connectivity index (χ3v) is 4.79. The molecule has 0 saturated carbocycles. The van der Waals surface area contributed by atoms with E-state index in [0.29, 0.717) is 17.1 Å². The fourth-order valence-electron chi connectivity index (χ4n) is 3.20. The predicted molar refractivity (Wildman–Crippen MR) is 122 cm³/mol. The summed E-state index contributed by atoms with van der Waals surface area (Å²) in [4.78, 5) is 37.0. The summed E-state index contributed by atoms with van der Waals surface area (Å²) in [7, 11) is 0. The topological polar surface area (TPSA) is 108 Å². The minimum Gasteiger partial charge on any atom is -0.461 e. The van der Waals surface area contributed by atoms with E-state index >= 15 is 0 Å². The summed E-state index contributed by atoms with van der Waals surface area (Å²) in [5, 5.41) is 11.2. The average molecular weight is 443 g/mol. The van der Waals surface area contributed by atoms with E-state index in [9.17, 15) is 14.4 Å². The molecule has 0 aliphatic heterocycles. The Morgan fingerprint density at radius 3 is 2.39 bits per heavy atom. The number of nitrogens with zero attached hydrogens (tertiary/aromatic N) is 4. The van der Waals surface area contributed by atoms with E-state index in [2.05, 4.69) is 15.5 Å². The molecular formula is C24H21N5O4. The SMILES string of the molecule is CCOC(=O)c1ccn(-c2ccc(NC(=O)c3nn(-c4ccccc4)c(C)cc3=O)cc2)n1. The molecule has 4 aromatic rings. The van der Waals surface area contributed by atoms with Gasteiger partial charge in [-0.3, -0.25) is 9.59 Å². The van der Waals surface area contributed by atoms with Gasteiger partial charge in [-0.05, 0) is 56.3 Å². The van der Waals surface area contributed by atoms with Crippen LogP contribution in [-0.4, -0.2) is 38.0 Å². The van der Waals surface area contributed by atoms with Gasteiger partial charge in [0.15, 0.2) is 11.4 Å². The first-order valence-electron chi connectivity index (χ1n) is 10.3. The van der Waals surface area contributed by atoms with Crippen LogP contribution < -0.4 is 10.7 Å². The summed E-state index contributed by atoms with van der Waals surface area (Å²) in [6.07, 6.45) is 1.64. The second-order valence-electron chi connectivity index (χ2n) is 7.11. The second kappa shape index (κ2) is 9.31. The van der Waals surface area contributed by atoms with Gasteiger partial charge in [0.1, 0.15) is 0 Å². The number of carbonyl (C=O) groups excluding carboxylic acids is 2. The van der Waals surface area contributed by atoms with E-state index < -0.39 is 17.3 Å². The van der Waals surface area contributed by atoms with Crippen LogP contribution in [0.3, 0.4) is 0 Å². The van der Waals surface area contributed by atoms with Crippen molar-refractivity contribution in [3.8, 4) is 11.4 Å². The van der Waals surface area contributed by atoms with E-state index in [0.717, 1.165) is 5.69 Å². The van der Waals surface area contributed by atoms with Crippen LogP contribution in [0.25, 0.3) is 11.4 Å². The minimum atomic E-state index is -0.610. The molecule has 0 saturated heterocycles. The molecule has 2 heterocycles. The molecule has 1 N–H and O–H groups in total. The Bertz CT molecular complexity index is 1360. The van der Waals surface area contributed by atoms with Crippen LogP contribution in [0.15, 0.2) is 77.7 Å². The van der Waals surface area contributed by atoms with Crippen LogP contribution >= 0.6 is 0 Å². The molecule has 9 heteroatoms. The monoisotopic (exact) mass is 443 g/mol. The van der Waals surface area contributed by atoms with Crippen molar-refractivity contribution in [1.29, 1.82) is 0 Å². The standard InChI is InChI=1S/C24H21N5O4/c1-3-33-24(32)20-13-14-28(26-20)18-11-9-17(10-12-18)25-23(31)22-21(30)15-16(2)29(27-22)19-7-5-4-6-8-19/h4-15H,3H2,1-2H3,(H,25,31). The third-order valence-electron chi connectivity index (χ3n) is 4.79. The summed E-state index contributed by atoms with van der Waals surface area (Å²) < 4.78 is 8.02.